The summed E-state index contributed by atoms with van der Waals surface area (Å²) in [6.07, 6.45) is 1.76. The second-order valence-electron chi connectivity index (χ2n) is 5.06. The maximum Gasteiger partial charge on any atom is 0.0999 e. The van der Waals surface area contributed by atoms with Gasteiger partial charge in [0.2, 0.25) is 0 Å². The number of hydrogen-bond acceptors (Lipinski definition) is 3. The zero-order valence-corrected chi connectivity index (χ0v) is 12.9. The fraction of sp³-hybridized carbons (Fsp3) is 0.176. The average Bonchev–Trinajstić information content (AvgIpc) is 2.97. The predicted molar refractivity (Wildman–Crippen MR) is 88.1 cm³/mol. The molecule has 0 aliphatic rings. The number of halogens is 1. The van der Waals surface area contributed by atoms with Crippen molar-refractivity contribution < 1.29 is 0 Å². The van der Waals surface area contributed by atoms with Crippen LogP contribution in [0.1, 0.15) is 17.0 Å². The highest BCUT2D eigenvalue weighted by molar-refractivity contribution is 6.30. The first-order valence-corrected chi connectivity index (χ1v) is 7.59. The molecule has 0 fully saturated rings. The van der Waals surface area contributed by atoms with Gasteiger partial charge in [-0.2, -0.15) is 0 Å². The Hall–Kier alpha value is -2.17. The molecule has 22 heavy (non-hydrogen) atoms. The van der Waals surface area contributed by atoms with E-state index in [2.05, 4.69) is 22.4 Å². The van der Waals surface area contributed by atoms with Gasteiger partial charge in [0.25, 0.3) is 0 Å². The highest BCUT2D eigenvalue weighted by atomic mass is 35.5. The zero-order chi connectivity index (χ0) is 15.4. The quantitative estimate of drug-likeness (QED) is 0.787. The zero-order valence-electron chi connectivity index (χ0n) is 12.1. The van der Waals surface area contributed by atoms with E-state index in [1.165, 1.54) is 5.56 Å². The maximum absolute atomic E-state index is 5.95. The van der Waals surface area contributed by atoms with Crippen LogP contribution in [0.4, 0.5) is 0 Å². The standard InChI is InChI=1S/C17H17ClN4/c18-14-7-9-15(10-8-14)22-17(16(12-19)20-21-22)11-6-13-4-2-1-3-5-13/h1-5,7-10H,6,11-12,19H2. The molecule has 2 N–H and O–H groups in total. The van der Waals surface area contributed by atoms with E-state index in [1.54, 1.807) is 0 Å². The highest BCUT2D eigenvalue weighted by Crippen LogP contribution is 2.17. The van der Waals surface area contributed by atoms with Crippen LogP contribution in [0.3, 0.4) is 0 Å². The lowest BCUT2D eigenvalue weighted by Gasteiger charge is -2.08. The Morgan fingerprint density at radius 2 is 1.68 bits per heavy atom. The first kappa shape index (κ1) is 14.8. The van der Waals surface area contributed by atoms with Gasteiger partial charge in [0.1, 0.15) is 0 Å². The topological polar surface area (TPSA) is 56.7 Å². The third-order valence-electron chi connectivity index (χ3n) is 3.60. The summed E-state index contributed by atoms with van der Waals surface area (Å²) in [5.74, 6) is 0. The van der Waals surface area contributed by atoms with E-state index in [0.29, 0.717) is 11.6 Å². The van der Waals surface area contributed by atoms with Crippen LogP contribution in [0.2, 0.25) is 5.02 Å². The molecular weight excluding hydrogens is 296 g/mol. The van der Waals surface area contributed by atoms with Crippen molar-refractivity contribution in [2.24, 2.45) is 5.73 Å². The van der Waals surface area contributed by atoms with Crippen LogP contribution in [0.15, 0.2) is 54.6 Å². The SMILES string of the molecule is NCc1nnn(-c2ccc(Cl)cc2)c1CCc1ccccc1. The Kier molecular flexibility index (Phi) is 4.51. The van der Waals surface area contributed by atoms with Crippen LogP contribution < -0.4 is 5.73 Å². The van der Waals surface area contributed by atoms with Gasteiger partial charge in [0.15, 0.2) is 0 Å². The summed E-state index contributed by atoms with van der Waals surface area (Å²) in [6.45, 7) is 0.387. The number of benzene rings is 2. The summed E-state index contributed by atoms with van der Waals surface area (Å²) in [6, 6.07) is 17.9. The first-order chi connectivity index (χ1) is 10.8. The molecule has 0 aliphatic heterocycles. The lowest BCUT2D eigenvalue weighted by Crippen LogP contribution is -2.07. The van der Waals surface area contributed by atoms with Crippen molar-refractivity contribution in [1.82, 2.24) is 15.0 Å². The molecule has 4 nitrogen and oxygen atoms in total. The van der Waals surface area contributed by atoms with E-state index >= 15 is 0 Å². The van der Waals surface area contributed by atoms with Crippen LogP contribution in [0.25, 0.3) is 5.69 Å². The molecule has 1 heterocycles. The number of nitrogens with two attached hydrogens (primary N) is 1. The lowest BCUT2D eigenvalue weighted by atomic mass is 10.1. The Morgan fingerprint density at radius 1 is 0.955 bits per heavy atom. The summed E-state index contributed by atoms with van der Waals surface area (Å²) in [4.78, 5) is 0. The Morgan fingerprint density at radius 3 is 2.36 bits per heavy atom. The number of aryl methyl sites for hydroxylation is 1. The smallest absolute Gasteiger partial charge is 0.0999 e. The molecule has 0 spiro atoms. The molecule has 0 unspecified atom stereocenters. The van der Waals surface area contributed by atoms with Crippen LogP contribution >= 0.6 is 11.6 Å². The molecule has 0 atom stereocenters. The highest BCUT2D eigenvalue weighted by Gasteiger charge is 2.13. The molecule has 0 amide bonds. The third kappa shape index (κ3) is 3.18. The fourth-order valence-corrected chi connectivity index (χ4v) is 2.56. The average molecular weight is 313 g/mol. The molecular formula is C17H17ClN4. The van der Waals surface area contributed by atoms with E-state index in [1.807, 2.05) is 47.1 Å². The molecule has 2 aromatic carbocycles. The number of aromatic nitrogens is 3. The maximum atomic E-state index is 5.95. The van der Waals surface area contributed by atoms with Crippen molar-refractivity contribution >= 4 is 11.6 Å². The van der Waals surface area contributed by atoms with Gasteiger partial charge >= 0.3 is 0 Å². The van der Waals surface area contributed by atoms with E-state index in [0.717, 1.165) is 29.9 Å². The second kappa shape index (κ2) is 6.73. The molecule has 3 rings (SSSR count). The summed E-state index contributed by atoms with van der Waals surface area (Å²) in [5.41, 5.74) is 9.92. The van der Waals surface area contributed by atoms with Crippen molar-refractivity contribution in [1.29, 1.82) is 0 Å². The minimum atomic E-state index is 0.387. The monoisotopic (exact) mass is 312 g/mol. The van der Waals surface area contributed by atoms with Gasteiger partial charge in [-0.1, -0.05) is 47.1 Å². The van der Waals surface area contributed by atoms with Gasteiger partial charge in [-0.05, 0) is 42.7 Å². The molecule has 0 aliphatic carbocycles. The molecule has 0 saturated carbocycles. The van der Waals surface area contributed by atoms with E-state index in [4.69, 9.17) is 17.3 Å². The first-order valence-electron chi connectivity index (χ1n) is 7.21. The Balaban J connectivity index is 1.88. The van der Waals surface area contributed by atoms with Crippen LogP contribution in [0, 0.1) is 0 Å². The molecule has 0 saturated heterocycles. The minimum Gasteiger partial charge on any atom is -0.325 e. The van der Waals surface area contributed by atoms with Crippen LogP contribution in [0.5, 0.6) is 0 Å². The third-order valence-corrected chi connectivity index (χ3v) is 3.85. The number of rotatable bonds is 5. The molecule has 5 heteroatoms. The Labute approximate surface area is 134 Å². The second-order valence-corrected chi connectivity index (χ2v) is 5.50. The minimum absolute atomic E-state index is 0.387. The van der Waals surface area contributed by atoms with Gasteiger partial charge in [0, 0.05) is 11.6 Å². The normalized spacial score (nSPS) is 10.8. The molecule has 0 radical (unpaired) electrons. The molecule has 0 bridgehead atoms. The van der Waals surface area contributed by atoms with E-state index < -0.39 is 0 Å². The van der Waals surface area contributed by atoms with Crippen molar-refractivity contribution in [3.63, 3.8) is 0 Å². The molecule has 112 valence electrons. The van der Waals surface area contributed by atoms with Crippen molar-refractivity contribution in [3.05, 3.63) is 76.6 Å². The van der Waals surface area contributed by atoms with Crippen LogP contribution in [-0.2, 0) is 19.4 Å². The van der Waals surface area contributed by atoms with Gasteiger partial charge in [-0.3, -0.25) is 0 Å². The van der Waals surface area contributed by atoms with Crippen LogP contribution in [-0.4, -0.2) is 15.0 Å². The van der Waals surface area contributed by atoms with Gasteiger partial charge < -0.3 is 5.73 Å². The number of hydrogen-bond donors (Lipinski definition) is 1. The summed E-state index contributed by atoms with van der Waals surface area (Å²) in [7, 11) is 0. The lowest BCUT2D eigenvalue weighted by molar-refractivity contribution is 0.752. The summed E-state index contributed by atoms with van der Waals surface area (Å²) >= 11 is 5.95. The fourth-order valence-electron chi connectivity index (χ4n) is 2.44. The van der Waals surface area contributed by atoms with E-state index in [-0.39, 0.29) is 0 Å². The van der Waals surface area contributed by atoms with E-state index in [9.17, 15) is 0 Å². The summed E-state index contributed by atoms with van der Waals surface area (Å²) in [5, 5.41) is 9.15. The molecule has 1 aromatic heterocycles. The Bertz CT molecular complexity index is 735. The largest absolute Gasteiger partial charge is 0.325 e. The van der Waals surface area contributed by atoms with Gasteiger partial charge in [0.05, 0.1) is 17.1 Å². The van der Waals surface area contributed by atoms with Crippen molar-refractivity contribution in [3.8, 4) is 5.69 Å². The van der Waals surface area contributed by atoms with Gasteiger partial charge in [-0.15, -0.1) is 5.10 Å². The van der Waals surface area contributed by atoms with Crippen molar-refractivity contribution in [2.75, 3.05) is 0 Å². The van der Waals surface area contributed by atoms with Crippen molar-refractivity contribution in [2.45, 2.75) is 19.4 Å². The number of nitrogens with zero attached hydrogens (tertiary/aromatic N) is 3. The summed E-state index contributed by atoms with van der Waals surface area (Å²) < 4.78 is 1.85. The molecule has 3 aromatic rings. The van der Waals surface area contributed by atoms with Gasteiger partial charge in [-0.25, -0.2) is 4.68 Å². The predicted octanol–water partition coefficient (Wildman–Crippen LogP) is 3.16.